The summed E-state index contributed by atoms with van der Waals surface area (Å²) in [5, 5.41) is 18.4. The number of nitrogens with one attached hydrogen (secondary N) is 1. The molecular formula is C47H29NO. The fourth-order valence-electron chi connectivity index (χ4n) is 7.84. The third kappa shape index (κ3) is 4.38. The maximum atomic E-state index is 12.6. The molecular weight excluding hydrogens is 595 g/mol. The Kier molecular flexibility index (Phi) is 6.06. The molecule has 0 aliphatic rings. The summed E-state index contributed by atoms with van der Waals surface area (Å²) in [7, 11) is 0. The van der Waals surface area contributed by atoms with E-state index in [9.17, 15) is 4.79 Å². The van der Waals surface area contributed by atoms with Gasteiger partial charge in [-0.3, -0.25) is 4.79 Å². The number of carbonyl (C=O) groups is 1. The summed E-state index contributed by atoms with van der Waals surface area (Å²) < 4.78 is 0. The zero-order chi connectivity index (χ0) is 32.5. The van der Waals surface area contributed by atoms with Crippen molar-refractivity contribution in [2.24, 2.45) is 0 Å². The lowest BCUT2D eigenvalue weighted by atomic mass is 9.86. The molecule has 10 aromatic rings. The molecule has 10 aromatic carbocycles. The van der Waals surface area contributed by atoms with Crippen LogP contribution in [0.3, 0.4) is 0 Å². The zero-order valence-corrected chi connectivity index (χ0v) is 26.6. The van der Waals surface area contributed by atoms with Gasteiger partial charge in [0.2, 0.25) is 0 Å². The fraction of sp³-hybridized carbons (Fsp3) is 0. The second-order valence-corrected chi connectivity index (χ2v) is 12.9. The molecule has 49 heavy (non-hydrogen) atoms. The third-order valence-electron chi connectivity index (χ3n) is 10.2. The van der Waals surface area contributed by atoms with Crippen molar-refractivity contribution in [1.29, 1.82) is 0 Å². The van der Waals surface area contributed by atoms with Gasteiger partial charge >= 0.3 is 0 Å². The van der Waals surface area contributed by atoms with Gasteiger partial charge in [-0.05, 0) is 123 Å². The average molecular weight is 624 g/mol. The second-order valence-electron chi connectivity index (χ2n) is 12.9. The van der Waals surface area contributed by atoms with Gasteiger partial charge in [-0.1, -0.05) is 133 Å². The molecule has 0 radical (unpaired) electrons. The first-order valence-electron chi connectivity index (χ1n) is 16.7. The van der Waals surface area contributed by atoms with E-state index in [0.29, 0.717) is 5.56 Å². The standard InChI is InChI=1S/C47H29NO/c49-47(35-7-2-1-3-8-35)48-38-25-23-30(24-26-38)29-15-17-31(18-16-29)37-27-36-22-21-34-10-5-13-40-39-12-4-9-32-19-20-33-11-6-14-41(45(33)43(32)39)42(28-37)46(36)44(34)40/h1-28H,(H,48,49). The van der Waals surface area contributed by atoms with Crippen molar-refractivity contribution < 1.29 is 4.79 Å². The Morgan fingerprint density at radius 2 is 0.796 bits per heavy atom. The number of fused-ring (bicyclic) bond motifs is 2. The number of hydrogen-bond acceptors (Lipinski definition) is 1. The summed E-state index contributed by atoms with van der Waals surface area (Å²) in [5.41, 5.74) is 6.02. The van der Waals surface area contributed by atoms with Gasteiger partial charge < -0.3 is 5.32 Å². The van der Waals surface area contributed by atoms with E-state index in [1.807, 2.05) is 42.5 Å². The molecule has 10 rings (SSSR count). The SMILES string of the molecule is O=C(Nc1ccc(-c2ccc(-c3cc4ccc5cccc6c7cccc8ccc9cccc(c(c3)c4c56)c9c87)cc2)cc1)c1ccccc1. The summed E-state index contributed by atoms with van der Waals surface area (Å²) in [6.45, 7) is 0. The van der Waals surface area contributed by atoms with Crippen molar-refractivity contribution in [2.45, 2.75) is 0 Å². The van der Waals surface area contributed by atoms with Crippen LogP contribution >= 0.6 is 0 Å². The van der Waals surface area contributed by atoms with Crippen molar-refractivity contribution in [1.82, 2.24) is 0 Å². The van der Waals surface area contributed by atoms with Crippen LogP contribution in [0.5, 0.6) is 0 Å². The van der Waals surface area contributed by atoms with Gasteiger partial charge in [-0.25, -0.2) is 0 Å². The van der Waals surface area contributed by atoms with Crippen LogP contribution in [-0.2, 0) is 0 Å². The van der Waals surface area contributed by atoms with Crippen LogP contribution in [0.1, 0.15) is 10.4 Å². The molecule has 1 amide bonds. The number of benzene rings is 9. The van der Waals surface area contributed by atoms with Crippen LogP contribution in [0.25, 0.3) is 86.9 Å². The lowest BCUT2D eigenvalue weighted by molar-refractivity contribution is 0.102. The van der Waals surface area contributed by atoms with Gasteiger partial charge in [0.1, 0.15) is 0 Å². The third-order valence-corrected chi connectivity index (χ3v) is 10.2. The minimum Gasteiger partial charge on any atom is -0.322 e. The first kappa shape index (κ1) is 27.6. The number of carbonyl (C=O) groups excluding carboxylic acids is 1. The highest BCUT2D eigenvalue weighted by Gasteiger charge is 2.16. The summed E-state index contributed by atoms with van der Waals surface area (Å²) >= 11 is 0. The Morgan fingerprint density at radius 1 is 0.347 bits per heavy atom. The minimum atomic E-state index is -0.111. The van der Waals surface area contributed by atoms with Gasteiger partial charge in [0.25, 0.3) is 5.91 Å². The topological polar surface area (TPSA) is 29.1 Å². The quantitative estimate of drug-likeness (QED) is 0.194. The Balaban J connectivity index is 1.12. The molecule has 0 saturated heterocycles. The molecule has 1 N–H and O–H groups in total. The minimum absolute atomic E-state index is 0.111. The lowest BCUT2D eigenvalue weighted by Gasteiger charge is -2.17. The molecule has 0 aliphatic heterocycles. The molecule has 228 valence electrons. The van der Waals surface area contributed by atoms with Crippen LogP contribution in [0.15, 0.2) is 170 Å². The van der Waals surface area contributed by atoms with E-state index in [-0.39, 0.29) is 5.91 Å². The largest absolute Gasteiger partial charge is 0.322 e. The number of hydrogen-bond donors (Lipinski definition) is 1. The molecule has 0 bridgehead atoms. The van der Waals surface area contributed by atoms with Gasteiger partial charge in [0.05, 0.1) is 0 Å². The molecule has 2 heteroatoms. The van der Waals surface area contributed by atoms with Gasteiger partial charge in [0, 0.05) is 11.3 Å². The van der Waals surface area contributed by atoms with Crippen molar-refractivity contribution in [3.63, 3.8) is 0 Å². The van der Waals surface area contributed by atoms with Crippen LogP contribution in [0.2, 0.25) is 0 Å². The summed E-state index contributed by atoms with van der Waals surface area (Å²) in [4.78, 5) is 12.6. The number of anilines is 1. The average Bonchev–Trinajstić information content (AvgIpc) is 3.16. The van der Waals surface area contributed by atoms with Crippen LogP contribution in [0, 0.1) is 0 Å². The van der Waals surface area contributed by atoms with E-state index in [1.165, 1.54) is 75.8 Å². The van der Waals surface area contributed by atoms with Crippen molar-refractivity contribution in [3.05, 3.63) is 175 Å². The molecule has 0 spiro atoms. The van der Waals surface area contributed by atoms with E-state index in [0.717, 1.165) is 16.8 Å². The number of rotatable bonds is 4. The summed E-state index contributed by atoms with van der Waals surface area (Å²) in [5.74, 6) is -0.111. The second kappa shape index (κ2) is 10.8. The molecule has 0 heterocycles. The summed E-state index contributed by atoms with van der Waals surface area (Å²) in [6.07, 6.45) is 0. The zero-order valence-electron chi connectivity index (χ0n) is 26.6. The van der Waals surface area contributed by atoms with Crippen molar-refractivity contribution >= 4 is 76.2 Å². The molecule has 0 unspecified atom stereocenters. The fourth-order valence-corrected chi connectivity index (χ4v) is 7.84. The Morgan fingerprint density at radius 3 is 1.35 bits per heavy atom. The highest BCUT2D eigenvalue weighted by atomic mass is 16.1. The Bertz CT molecular complexity index is 2880. The Hall–Kier alpha value is -6.51. The van der Waals surface area contributed by atoms with Gasteiger partial charge in [-0.2, -0.15) is 0 Å². The predicted octanol–water partition coefficient (Wildman–Crippen LogP) is 12.6. The highest BCUT2D eigenvalue weighted by Crippen LogP contribution is 2.44. The maximum absolute atomic E-state index is 12.6. The molecule has 0 aliphatic carbocycles. The molecule has 0 aromatic heterocycles. The Labute approximate surface area is 283 Å². The summed E-state index contributed by atoms with van der Waals surface area (Å²) in [6, 6.07) is 60.2. The molecule has 0 atom stereocenters. The highest BCUT2D eigenvalue weighted by molar-refractivity contribution is 6.37. The van der Waals surface area contributed by atoms with Crippen LogP contribution in [0.4, 0.5) is 5.69 Å². The van der Waals surface area contributed by atoms with Crippen LogP contribution < -0.4 is 5.32 Å². The van der Waals surface area contributed by atoms with E-state index >= 15 is 0 Å². The normalized spacial score (nSPS) is 11.8. The van der Waals surface area contributed by atoms with Crippen molar-refractivity contribution in [3.8, 4) is 22.3 Å². The predicted molar refractivity (Wildman–Crippen MR) is 208 cm³/mol. The van der Waals surface area contributed by atoms with Gasteiger partial charge in [0.15, 0.2) is 0 Å². The van der Waals surface area contributed by atoms with E-state index < -0.39 is 0 Å². The van der Waals surface area contributed by atoms with E-state index in [4.69, 9.17) is 0 Å². The maximum Gasteiger partial charge on any atom is 0.255 e. The molecule has 0 fully saturated rings. The van der Waals surface area contributed by atoms with E-state index in [2.05, 4.69) is 133 Å². The lowest BCUT2D eigenvalue weighted by Crippen LogP contribution is -2.11. The molecule has 0 saturated carbocycles. The first-order valence-corrected chi connectivity index (χ1v) is 16.7. The smallest absolute Gasteiger partial charge is 0.255 e. The van der Waals surface area contributed by atoms with E-state index in [1.54, 1.807) is 0 Å². The van der Waals surface area contributed by atoms with Crippen molar-refractivity contribution in [2.75, 3.05) is 5.32 Å². The molecule has 2 nitrogen and oxygen atoms in total. The first-order chi connectivity index (χ1) is 24.2. The monoisotopic (exact) mass is 623 g/mol. The number of amides is 1. The van der Waals surface area contributed by atoms with Gasteiger partial charge in [-0.15, -0.1) is 0 Å². The van der Waals surface area contributed by atoms with Crippen LogP contribution in [-0.4, -0.2) is 5.91 Å².